The van der Waals surface area contributed by atoms with Crippen molar-refractivity contribution in [3.8, 4) is 0 Å². The summed E-state index contributed by atoms with van der Waals surface area (Å²) >= 11 is 0. The van der Waals surface area contributed by atoms with Gasteiger partial charge < -0.3 is 10.6 Å². The van der Waals surface area contributed by atoms with Crippen molar-refractivity contribution in [3.63, 3.8) is 0 Å². The fraction of sp³-hybridized carbons (Fsp3) is 0.200. The van der Waals surface area contributed by atoms with E-state index < -0.39 is 28.3 Å². The molecule has 0 heterocycles. The molecule has 0 aliphatic carbocycles. The van der Waals surface area contributed by atoms with E-state index in [9.17, 15) is 22.4 Å². The Bertz CT molecular complexity index is 1230. The second-order valence-corrected chi connectivity index (χ2v) is 9.37. The predicted molar refractivity (Wildman–Crippen MR) is 130 cm³/mol. The summed E-state index contributed by atoms with van der Waals surface area (Å²) in [7, 11) is -4.17. The molecule has 0 aliphatic heterocycles. The Labute approximate surface area is 198 Å². The van der Waals surface area contributed by atoms with Crippen LogP contribution in [0.3, 0.4) is 0 Å². The monoisotopic (exact) mass is 483 g/mol. The van der Waals surface area contributed by atoms with Gasteiger partial charge in [-0.05, 0) is 55.0 Å². The number of unbranched alkanes of at least 4 members (excludes halogenated alkanes) is 1. The van der Waals surface area contributed by atoms with Crippen molar-refractivity contribution in [2.45, 2.75) is 24.7 Å². The number of carbonyl (C=O) groups is 2. The summed E-state index contributed by atoms with van der Waals surface area (Å²) in [6, 6.07) is 19.0. The van der Waals surface area contributed by atoms with Gasteiger partial charge >= 0.3 is 0 Å². The van der Waals surface area contributed by atoms with Crippen LogP contribution in [0.1, 0.15) is 30.1 Å². The third kappa shape index (κ3) is 6.20. The molecule has 0 fully saturated rings. The van der Waals surface area contributed by atoms with Crippen molar-refractivity contribution in [1.82, 2.24) is 5.32 Å². The van der Waals surface area contributed by atoms with E-state index in [4.69, 9.17) is 0 Å². The fourth-order valence-electron chi connectivity index (χ4n) is 3.23. The number of anilines is 2. The minimum absolute atomic E-state index is 0.152. The van der Waals surface area contributed by atoms with E-state index in [1.54, 1.807) is 54.6 Å². The van der Waals surface area contributed by atoms with Crippen LogP contribution in [0.15, 0.2) is 83.8 Å². The average Bonchev–Trinajstić information content (AvgIpc) is 2.83. The third-order valence-corrected chi connectivity index (χ3v) is 6.78. The van der Waals surface area contributed by atoms with E-state index in [1.807, 2.05) is 6.92 Å². The lowest BCUT2D eigenvalue weighted by Crippen LogP contribution is -2.38. The van der Waals surface area contributed by atoms with E-state index in [0.29, 0.717) is 6.54 Å². The van der Waals surface area contributed by atoms with Crippen LogP contribution >= 0.6 is 0 Å². The highest BCUT2D eigenvalue weighted by atomic mass is 32.2. The number of amides is 2. The van der Waals surface area contributed by atoms with Crippen LogP contribution in [0.2, 0.25) is 0 Å². The highest BCUT2D eigenvalue weighted by Gasteiger charge is 2.27. The lowest BCUT2D eigenvalue weighted by molar-refractivity contribution is -0.114. The standard InChI is InChI=1S/C25H26FN3O4S/c1-2-3-17-27-25(31)22-11-7-8-12-23(22)28-24(30)18-29(20-9-5-4-6-10-20)34(32,33)21-15-13-19(26)14-16-21/h4-16H,2-3,17-18H2,1H3,(H,27,31)(H,28,30). The Hall–Kier alpha value is -3.72. The molecule has 0 saturated heterocycles. The van der Waals surface area contributed by atoms with E-state index in [0.717, 1.165) is 41.4 Å². The molecule has 7 nitrogen and oxygen atoms in total. The van der Waals surface area contributed by atoms with Crippen molar-refractivity contribution < 1.29 is 22.4 Å². The maximum Gasteiger partial charge on any atom is 0.264 e. The van der Waals surface area contributed by atoms with Crippen molar-refractivity contribution in [3.05, 3.63) is 90.2 Å². The molecular weight excluding hydrogens is 457 g/mol. The highest BCUT2D eigenvalue weighted by molar-refractivity contribution is 7.92. The smallest absolute Gasteiger partial charge is 0.264 e. The SMILES string of the molecule is CCCCNC(=O)c1ccccc1NC(=O)CN(c1ccccc1)S(=O)(=O)c1ccc(F)cc1. The van der Waals surface area contributed by atoms with Gasteiger partial charge in [0.2, 0.25) is 5.91 Å². The van der Waals surface area contributed by atoms with Gasteiger partial charge in [0, 0.05) is 6.54 Å². The van der Waals surface area contributed by atoms with Gasteiger partial charge in [0.05, 0.1) is 21.8 Å². The average molecular weight is 484 g/mol. The Kier molecular flexibility index (Phi) is 8.37. The third-order valence-electron chi connectivity index (χ3n) is 4.99. The van der Waals surface area contributed by atoms with Crippen molar-refractivity contribution in [2.24, 2.45) is 0 Å². The van der Waals surface area contributed by atoms with Crippen LogP contribution in [0.4, 0.5) is 15.8 Å². The van der Waals surface area contributed by atoms with Gasteiger partial charge in [-0.25, -0.2) is 12.8 Å². The van der Waals surface area contributed by atoms with Crippen LogP contribution in [-0.4, -0.2) is 33.3 Å². The Morgan fingerprint density at radius 1 is 0.912 bits per heavy atom. The van der Waals surface area contributed by atoms with Gasteiger partial charge in [0.25, 0.3) is 15.9 Å². The molecule has 0 atom stereocenters. The summed E-state index contributed by atoms with van der Waals surface area (Å²) in [6.07, 6.45) is 1.75. The Balaban J connectivity index is 1.85. The molecule has 9 heteroatoms. The van der Waals surface area contributed by atoms with E-state index in [2.05, 4.69) is 10.6 Å². The number of carbonyl (C=O) groups excluding carboxylic acids is 2. The summed E-state index contributed by atoms with van der Waals surface area (Å²) in [5, 5.41) is 5.45. The largest absolute Gasteiger partial charge is 0.352 e. The lowest BCUT2D eigenvalue weighted by atomic mass is 10.1. The van der Waals surface area contributed by atoms with Gasteiger partial charge in [-0.15, -0.1) is 0 Å². The number of nitrogens with one attached hydrogen (secondary N) is 2. The molecule has 3 rings (SSSR count). The number of hydrogen-bond acceptors (Lipinski definition) is 4. The molecule has 0 aromatic heterocycles. The molecule has 0 bridgehead atoms. The first-order valence-corrected chi connectivity index (χ1v) is 12.3. The molecule has 0 spiro atoms. The number of halogens is 1. The number of sulfonamides is 1. The van der Waals surface area contributed by atoms with Gasteiger partial charge in [-0.3, -0.25) is 13.9 Å². The lowest BCUT2D eigenvalue weighted by Gasteiger charge is -2.24. The molecule has 0 saturated carbocycles. The molecule has 0 radical (unpaired) electrons. The minimum Gasteiger partial charge on any atom is -0.352 e. The normalized spacial score (nSPS) is 11.0. The maximum atomic E-state index is 13.3. The zero-order chi connectivity index (χ0) is 24.6. The van der Waals surface area contributed by atoms with E-state index in [-0.39, 0.29) is 27.7 Å². The number of benzene rings is 3. The van der Waals surface area contributed by atoms with Crippen molar-refractivity contribution in [2.75, 3.05) is 22.7 Å². The maximum absolute atomic E-state index is 13.3. The van der Waals surface area contributed by atoms with Crippen LogP contribution in [0.25, 0.3) is 0 Å². The first-order valence-electron chi connectivity index (χ1n) is 10.8. The summed E-state index contributed by atoms with van der Waals surface area (Å²) < 4.78 is 40.9. The molecular formula is C25H26FN3O4S. The second-order valence-electron chi connectivity index (χ2n) is 7.50. The minimum atomic E-state index is -4.17. The Morgan fingerprint density at radius 2 is 1.56 bits per heavy atom. The number of nitrogens with zero attached hydrogens (tertiary/aromatic N) is 1. The van der Waals surface area contributed by atoms with E-state index >= 15 is 0 Å². The highest BCUT2D eigenvalue weighted by Crippen LogP contribution is 2.24. The molecule has 0 unspecified atom stereocenters. The quantitative estimate of drug-likeness (QED) is 0.423. The van der Waals surface area contributed by atoms with Crippen LogP contribution < -0.4 is 14.9 Å². The van der Waals surface area contributed by atoms with Crippen molar-refractivity contribution >= 4 is 33.2 Å². The molecule has 3 aromatic carbocycles. The zero-order valence-corrected chi connectivity index (χ0v) is 19.5. The molecule has 2 N–H and O–H groups in total. The summed E-state index contributed by atoms with van der Waals surface area (Å²) in [5.41, 5.74) is 0.820. The molecule has 3 aromatic rings. The topological polar surface area (TPSA) is 95.6 Å². The summed E-state index contributed by atoms with van der Waals surface area (Å²) in [5.74, 6) is -1.54. The first kappa shape index (κ1) is 24.9. The van der Waals surface area contributed by atoms with Crippen LogP contribution in [0, 0.1) is 5.82 Å². The Morgan fingerprint density at radius 3 is 2.24 bits per heavy atom. The molecule has 2 amide bonds. The predicted octanol–water partition coefficient (Wildman–Crippen LogP) is 4.19. The van der Waals surface area contributed by atoms with Crippen LogP contribution in [0.5, 0.6) is 0 Å². The molecule has 34 heavy (non-hydrogen) atoms. The van der Waals surface area contributed by atoms with Gasteiger partial charge in [-0.1, -0.05) is 43.7 Å². The van der Waals surface area contributed by atoms with E-state index in [1.165, 1.54) is 0 Å². The zero-order valence-electron chi connectivity index (χ0n) is 18.7. The van der Waals surface area contributed by atoms with Gasteiger partial charge in [0.15, 0.2) is 0 Å². The molecule has 0 aliphatic rings. The fourth-order valence-corrected chi connectivity index (χ4v) is 4.65. The number of hydrogen-bond donors (Lipinski definition) is 2. The second kappa shape index (κ2) is 11.4. The molecule has 178 valence electrons. The summed E-state index contributed by atoms with van der Waals surface area (Å²) in [6.45, 7) is 1.98. The number of para-hydroxylation sites is 2. The van der Waals surface area contributed by atoms with Gasteiger partial charge in [-0.2, -0.15) is 0 Å². The summed E-state index contributed by atoms with van der Waals surface area (Å²) in [4.78, 5) is 25.3. The van der Waals surface area contributed by atoms with Crippen molar-refractivity contribution in [1.29, 1.82) is 0 Å². The number of rotatable bonds is 10. The van der Waals surface area contributed by atoms with Crippen LogP contribution in [-0.2, 0) is 14.8 Å². The first-order chi connectivity index (χ1) is 16.3. The van der Waals surface area contributed by atoms with Gasteiger partial charge in [0.1, 0.15) is 12.4 Å².